The van der Waals surface area contributed by atoms with Crippen LogP contribution in [0.2, 0.25) is 0 Å². The molecule has 5 rings (SSSR count). The van der Waals surface area contributed by atoms with Crippen LogP contribution in [0.25, 0.3) is 10.9 Å². The van der Waals surface area contributed by atoms with Gasteiger partial charge in [-0.25, -0.2) is 9.97 Å². The molecule has 0 bridgehead atoms. The summed E-state index contributed by atoms with van der Waals surface area (Å²) in [6, 6.07) is 12.2. The average Bonchev–Trinajstić information content (AvgIpc) is 3.11. The summed E-state index contributed by atoms with van der Waals surface area (Å²) in [6.45, 7) is 8.64. The molecule has 35 heavy (non-hydrogen) atoms. The molecule has 1 atom stereocenters. The summed E-state index contributed by atoms with van der Waals surface area (Å²) in [6.07, 6.45) is 4.66. The Kier molecular flexibility index (Phi) is 6.80. The molecule has 184 valence electrons. The van der Waals surface area contributed by atoms with E-state index in [0.717, 1.165) is 49.4 Å². The molecule has 2 aromatic heterocycles. The van der Waals surface area contributed by atoms with Crippen LogP contribution in [0.15, 0.2) is 42.6 Å². The van der Waals surface area contributed by atoms with Crippen molar-refractivity contribution in [2.45, 2.75) is 38.5 Å². The number of hydrogen-bond donors (Lipinski definition) is 0. The molecule has 0 N–H and O–H groups in total. The number of pyridine rings is 1. The second kappa shape index (κ2) is 9.99. The predicted molar refractivity (Wildman–Crippen MR) is 137 cm³/mol. The zero-order valence-electron chi connectivity index (χ0n) is 21.0. The number of nitrogens with zero attached hydrogens (tertiary/aromatic N) is 5. The normalized spacial score (nSPS) is 21.1. The zero-order chi connectivity index (χ0) is 24.4. The van der Waals surface area contributed by atoms with Crippen LogP contribution in [0.1, 0.15) is 47.3 Å². The van der Waals surface area contributed by atoms with Crippen molar-refractivity contribution in [1.82, 2.24) is 24.8 Å². The average molecular weight is 474 g/mol. The number of benzene rings is 1. The summed E-state index contributed by atoms with van der Waals surface area (Å²) in [7, 11) is 2.15. The molecular formula is C28H35N5O2. The molecule has 7 nitrogen and oxygen atoms in total. The predicted octanol–water partition coefficient (Wildman–Crippen LogP) is 3.65. The van der Waals surface area contributed by atoms with E-state index in [1.165, 1.54) is 10.9 Å². The Labute approximate surface area is 207 Å². The van der Waals surface area contributed by atoms with Gasteiger partial charge in [0.05, 0.1) is 18.7 Å². The fraction of sp³-hybridized carbons (Fsp3) is 0.500. The second-order valence-electron chi connectivity index (χ2n) is 10.5. The number of aryl methyl sites for hydroxylation is 1. The van der Waals surface area contributed by atoms with E-state index in [9.17, 15) is 4.79 Å². The number of amides is 1. The Morgan fingerprint density at radius 2 is 1.97 bits per heavy atom. The number of likely N-dealkylation sites (tertiary alicyclic amines) is 1. The number of carbonyl (C=O) groups is 1. The highest BCUT2D eigenvalue weighted by molar-refractivity contribution is 5.92. The van der Waals surface area contributed by atoms with Crippen LogP contribution in [0.5, 0.6) is 0 Å². The van der Waals surface area contributed by atoms with Gasteiger partial charge in [-0.1, -0.05) is 25.1 Å². The van der Waals surface area contributed by atoms with Crippen LogP contribution >= 0.6 is 0 Å². The maximum atomic E-state index is 13.7. The fourth-order valence-corrected chi connectivity index (χ4v) is 5.29. The summed E-state index contributed by atoms with van der Waals surface area (Å²) < 4.78 is 5.93. The Morgan fingerprint density at radius 3 is 2.80 bits per heavy atom. The lowest BCUT2D eigenvalue weighted by Gasteiger charge is -2.36. The van der Waals surface area contributed by atoms with E-state index in [1.807, 2.05) is 36.2 Å². The van der Waals surface area contributed by atoms with E-state index in [1.54, 1.807) is 0 Å². The summed E-state index contributed by atoms with van der Waals surface area (Å²) in [5.74, 6) is 0.990. The molecule has 0 spiro atoms. The van der Waals surface area contributed by atoms with Crippen LogP contribution in [-0.2, 0) is 16.6 Å². The van der Waals surface area contributed by atoms with E-state index in [2.05, 4.69) is 42.1 Å². The smallest absolute Gasteiger partial charge is 0.272 e. The Hall–Kier alpha value is -2.90. The molecule has 2 aliphatic heterocycles. The van der Waals surface area contributed by atoms with E-state index < -0.39 is 0 Å². The van der Waals surface area contributed by atoms with Crippen molar-refractivity contribution in [3.8, 4) is 0 Å². The van der Waals surface area contributed by atoms with Gasteiger partial charge >= 0.3 is 0 Å². The van der Waals surface area contributed by atoms with Gasteiger partial charge in [-0.3, -0.25) is 9.78 Å². The van der Waals surface area contributed by atoms with Gasteiger partial charge in [-0.05, 0) is 70.1 Å². The highest BCUT2D eigenvalue weighted by Gasteiger charge is 2.35. The van der Waals surface area contributed by atoms with Gasteiger partial charge in [0, 0.05) is 41.7 Å². The molecule has 0 aliphatic carbocycles. The molecule has 2 saturated heterocycles. The number of hydrogen-bond acceptors (Lipinski definition) is 6. The number of ether oxygens (including phenoxy) is 1. The third-order valence-electron chi connectivity index (χ3n) is 7.57. The van der Waals surface area contributed by atoms with Gasteiger partial charge < -0.3 is 14.5 Å². The van der Waals surface area contributed by atoms with Crippen molar-refractivity contribution < 1.29 is 9.53 Å². The maximum absolute atomic E-state index is 13.7. The summed E-state index contributed by atoms with van der Waals surface area (Å²) >= 11 is 0. The van der Waals surface area contributed by atoms with Crippen molar-refractivity contribution >= 4 is 16.8 Å². The molecule has 2 fully saturated rings. The summed E-state index contributed by atoms with van der Waals surface area (Å²) in [4.78, 5) is 32.0. The van der Waals surface area contributed by atoms with Crippen molar-refractivity contribution in [2.75, 3.05) is 46.4 Å². The topological polar surface area (TPSA) is 71.5 Å². The first-order chi connectivity index (χ1) is 16.9. The second-order valence-corrected chi connectivity index (χ2v) is 10.5. The Morgan fingerprint density at radius 1 is 1.14 bits per heavy atom. The van der Waals surface area contributed by atoms with Crippen LogP contribution < -0.4 is 0 Å². The van der Waals surface area contributed by atoms with E-state index in [4.69, 9.17) is 14.7 Å². The molecule has 1 amide bonds. The molecule has 4 heterocycles. The minimum Gasteiger partial charge on any atom is -0.379 e. The third kappa shape index (κ3) is 5.21. The van der Waals surface area contributed by atoms with Gasteiger partial charge in [-0.15, -0.1) is 0 Å². The molecule has 0 unspecified atom stereocenters. The van der Waals surface area contributed by atoms with Gasteiger partial charge in [0.15, 0.2) is 0 Å². The number of fused-ring (bicyclic) bond motifs is 1. The SMILES string of the molecule is Cc1cc(C(=O)N2CCOC[C@@H](Cc3cccc4ncccc34)C2)nc(C2(C)CCN(C)CC2)n1. The summed E-state index contributed by atoms with van der Waals surface area (Å²) in [5, 5.41) is 1.17. The van der Waals surface area contributed by atoms with Gasteiger partial charge in [-0.2, -0.15) is 0 Å². The number of piperidine rings is 1. The quantitative estimate of drug-likeness (QED) is 0.576. The lowest BCUT2D eigenvalue weighted by molar-refractivity contribution is 0.0730. The Balaban J connectivity index is 1.36. The van der Waals surface area contributed by atoms with Crippen molar-refractivity contribution in [1.29, 1.82) is 0 Å². The lowest BCUT2D eigenvalue weighted by Crippen LogP contribution is -2.41. The lowest BCUT2D eigenvalue weighted by atomic mass is 9.79. The van der Waals surface area contributed by atoms with Crippen LogP contribution in [0.3, 0.4) is 0 Å². The molecule has 1 aromatic carbocycles. The van der Waals surface area contributed by atoms with Crippen LogP contribution in [0, 0.1) is 12.8 Å². The van der Waals surface area contributed by atoms with Gasteiger partial charge in [0.25, 0.3) is 5.91 Å². The minimum atomic E-state index is -0.0968. The standard InChI is InChI=1S/C28H35N5O2/c1-20-16-25(31-27(30-20)28(2)9-12-32(3)13-10-28)26(34)33-14-15-35-19-21(18-33)17-22-6-4-8-24-23(22)7-5-11-29-24/h4-8,11,16,21H,9-10,12-15,17-19H2,1-3H3/t21-/m0/s1. The first-order valence-electron chi connectivity index (χ1n) is 12.7. The zero-order valence-corrected chi connectivity index (χ0v) is 21.0. The Bertz CT molecular complexity index is 1200. The molecule has 7 heteroatoms. The van der Waals surface area contributed by atoms with E-state index in [0.29, 0.717) is 32.0 Å². The molecule has 0 saturated carbocycles. The molecule has 0 radical (unpaired) electrons. The van der Waals surface area contributed by atoms with Crippen molar-refractivity contribution in [2.24, 2.45) is 5.92 Å². The van der Waals surface area contributed by atoms with Crippen LogP contribution in [-0.4, -0.2) is 77.1 Å². The largest absolute Gasteiger partial charge is 0.379 e. The third-order valence-corrected chi connectivity index (χ3v) is 7.57. The molecule has 2 aliphatic rings. The first-order valence-corrected chi connectivity index (χ1v) is 12.7. The fourth-order valence-electron chi connectivity index (χ4n) is 5.29. The van der Waals surface area contributed by atoms with Crippen molar-refractivity contribution in [3.05, 3.63) is 65.4 Å². The first kappa shape index (κ1) is 23.8. The molecule has 3 aromatic rings. The minimum absolute atomic E-state index is 0.0247. The van der Waals surface area contributed by atoms with E-state index >= 15 is 0 Å². The highest BCUT2D eigenvalue weighted by atomic mass is 16.5. The monoisotopic (exact) mass is 473 g/mol. The maximum Gasteiger partial charge on any atom is 0.272 e. The van der Waals surface area contributed by atoms with E-state index in [-0.39, 0.29) is 17.2 Å². The highest BCUT2D eigenvalue weighted by Crippen LogP contribution is 2.33. The molecular weight excluding hydrogens is 438 g/mol. The number of aromatic nitrogens is 3. The summed E-state index contributed by atoms with van der Waals surface area (Å²) in [5.41, 5.74) is 3.50. The van der Waals surface area contributed by atoms with Crippen molar-refractivity contribution in [3.63, 3.8) is 0 Å². The number of rotatable bonds is 4. The van der Waals surface area contributed by atoms with Crippen LogP contribution in [0.4, 0.5) is 0 Å². The van der Waals surface area contributed by atoms with Gasteiger partial charge in [0.2, 0.25) is 0 Å². The number of carbonyl (C=O) groups excluding carboxylic acids is 1. The van der Waals surface area contributed by atoms with Gasteiger partial charge in [0.1, 0.15) is 11.5 Å².